The molecule has 2 aromatic rings. The van der Waals surface area contributed by atoms with E-state index in [2.05, 4.69) is 10.3 Å². The number of pyridine rings is 1. The van der Waals surface area contributed by atoms with Gasteiger partial charge in [0.2, 0.25) is 12.7 Å². The predicted octanol–water partition coefficient (Wildman–Crippen LogP) is 3.12. The zero-order valence-electron chi connectivity index (χ0n) is 10.9. The third kappa shape index (κ3) is 3.14. The minimum atomic E-state index is -0.289. The minimum Gasteiger partial charge on any atom is -0.454 e. The van der Waals surface area contributed by atoms with Crippen LogP contribution in [0.25, 0.3) is 6.08 Å². The Hall–Kier alpha value is -2.53. The molecule has 21 heavy (non-hydrogen) atoms. The van der Waals surface area contributed by atoms with Gasteiger partial charge in [-0.05, 0) is 35.9 Å². The number of amides is 1. The van der Waals surface area contributed by atoms with Crippen molar-refractivity contribution in [2.45, 2.75) is 0 Å². The third-order valence-corrected chi connectivity index (χ3v) is 3.14. The molecule has 0 atom stereocenters. The summed E-state index contributed by atoms with van der Waals surface area (Å²) < 4.78 is 10.5. The number of rotatable bonds is 3. The Balaban J connectivity index is 1.68. The monoisotopic (exact) mass is 302 g/mol. The van der Waals surface area contributed by atoms with Crippen LogP contribution < -0.4 is 14.8 Å². The van der Waals surface area contributed by atoms with Crippen LogP contribution in [0.2, 0.25) is 5.15 Å². The van der Waals surface area contributed by atoms with E-state index in [9.17, 15) is 4.79 Å². The van der Waals surface area contributed by atoms with E-state index in [1.807, 2.05) is 12.1 Å². The molecule has 3 rings (SSSR count). The first-order chi connectivity index (χ1) is 10.2. The van der Waals surface area contributed by atoms with Crippen molar-refractivity contribution in [3.05, 3.63) is 53.3 Å². The molecule has 0 fully saturated rings. The molecular weight excluding hydrogens is 292 g/mol. The second kappa shape index (κ2) is 5.85. The van der Waals surface area contributed by atoms with Gasteiger partial charge in [0, 0.05) is 12.3 Å². The number of ether oxygens (including phenoxy) is 2. The summed E-state index contributed by atoms with van der Waals surface area (Å²) in [6.45, 7) is 0.225. The summed E-state index contributed by atoms with van der Waals surface area (Å²) in [5.41, 5.74) is 1.31. The highest BCUT2D eigenvalue weighted by atomic mass is 35.5. The number of carbonyl (C=O) groups is 1. The normalized spacial score (nSPS) is 12.6. The summed E-state index contributed by atoms with van der Waals surface area (Å²) in [6, 6.07) is 8.83. The summed E-state index contributed by atoms with van der Waals surface area (Å²) >= 11 is 5.87. The molecule has 0 bridgehead atoms. The van der Waals surface area contributed by atoms with Crippen LogP contribution >= 0.6 is 11.6 Å². The molecule has 0 radical (unpaired) electrons. The Bertz CT molecular complexity index is 716. The van der Waals surface area contributed by atoms with Crippen molar-refractivity contribution in [3.8, 4) is 11.5 Å². The van der Waals surface area contributed by atoms with E-state index in [1.54, 1.807) is 30.5 Å². The van der Waals surface area contributed by atoms with E-state index < -0.39 is 0 Å². The van der Waals surface area contributed by atoms with Crippen molar-refractivity contribution < 1.29 is 14.3 Å². The lowest BCUT2D eigenvalue weighted by molar-refractivity contribution is -0.111. The molecule has 1 aromatic carbocycles. The number of nitrogens with one attached hydrogen (secondary N) is 1. The van der Waals surface area contributed by atoms with Gasteiger partial charge in [-0.15, -0.1) is 0 Å². The Kier molecular flexibility index (Phi) is 3.75. The van der Waals surface area contributed by atoms with Gasteiger partial charge < -0.3 is 14.8 Å². The van der Waals surface area contributed by atoms with E-state index in [-0.39, 0.29) is 17.9 Å². The number of halogens is 1. The van der Waals surface area contributed by atoms with Gasteiger partial charge in [0.05, 0.1) is 5.69 Å². The van der Waals surface area contributed by atoms with Crippen molar-refractivity contribution >= 4 is 29.3 Å². The molecule has 0 saturated heterocycles. The van der Waals surface area contributed by atoms with Crippen LogP contribution in [0.3, 0.4) is 0 Å². The lowest BCUT2D eigenvalue weighted by Gasteiger charge is -2.03. The smallest absolute Gasteiger partial charge is 0.248 e. The topological polar surface area (TPSA) is 60.5 Å². The van der Waals surface area contributed by atoms with Gasteiger partial charge in [0.1, 0.15) is 0 Å². The van der Waals surface area contributed by atoms with Crippen molar-refractivity contribution in [3.63, 3.8) is 0 Å². The molecule has 1 amide bonds. The van der Waals surface area contributed by atoms with Crippen molar-refractivity contribution in [2.75, 3.05) is 12.1 Å². The Labute approximate surface area is 126 Å². The minimum absolute atomic E-state index is 0.225. The standard InChI is InChI=1S/C15H11ClN2O3/c16-15-11(2-1-7-17-15)18-14(19)6-4-10-3-5-12-13(8-10)21-9-20-12/h1-8H,9H2,(H,18,19). The molecule has 1 aromatic heterocycles. The molecule has 1 N–H and O–H groups in total. The highest BCUT2D eigenvalue weighted by Crippen LogP contribution is 2.32. The number of benzene rings is 1. The maximum atomic E-state index is 11.8. The largest absolute Gasteiger partial charge is 0.454 e. The van der Waals surface area contributed by atoms with Crippen LogP contribution in [0.15, 0.2) is 42.6 Å². The van der Waals surface area contributed by atoms with E-state index >= 15 is 0 Å². The number of anilines is 1. The van der Waals surface area contributed by atoms with Gasteiger partial charge in [0.25, 0.3) is 0 Å². The van der Waals surface area contributed by atoms with Crippen LogP contribution in [0.1, 0.15) is 5.56 Å². The fourth-order valence-electron chi connectivity index (χ4n) is 1.84. The van der Waals surface area contributed by atoms with Crippen LogP contribution in [-0.2, 0) is 4.79 Å². The number of aromatic nitrogens is 1. The van der Waals surface area contributed by atoms with E-state index in [1.165, 1.54) is 6.08 Å². The molecule has 1 aliphatic heterocycles. The average Bonchev–Trinajstić information content (AvgIpc) is 2.95. The molecule has 5 nitrogen and oxygen atoms in total. The number of hydrogen-bond acceptors (Lipinski definition) is 4. The summed E-state index contributed by atoms with van der Waals surface area (Å²) in [4.78, 5) is 15.7. The van der Waals surface area contributed by atoms with Crippen molar-refractivity contribution in [1.82, 2.24) is 4.98 Å². The zero-order chi connectivity index (χ0) is 14.7. The second-order valence-corrected chi connectivity index (χ2v) is 4.64. The summed E-state index contributed by atoms with van der Waals surface area (Å²) in [5, 5.41) is 2.91. The van der Waals surface area contributed by atoms with Gasteiger partial charge in [0.15, 0.2) is 16.7 Å². The summed E-state index contributed by atoms with van der Waals surface area (Å²) in [5.74, 6) is 1.09. The maximum absolute atomic E-state index is 11.8. The van der Waals surface area contributed by atoms with Crippen LogP contribution in [0.4, 0.5) is 5.69 Å². The summed E-state index contributed by atoms with van der Waals surface area (Å²) in [6.07, 6.45) is 4.66. The maximum Gasteiger partial charge on any atom is 0.248 e. The first kappa shape index (κ1) is 13.5. The van der Waals surface area contributed by atoms with Crippen LogP contribution in [0, 0.1) is 0 Å². The highest BCUT2D eigenvalue weighted by molar-refractivity contribution is 6.32. The predicted molar refractivity (Wildman–Crippen MR) is 79.5 cm³/mol. The first-order valence-electron chi connectivity index (χ1n) is 6.21. The Morgan fingerprint density at radius 3 is 3.00 bits per heavy atom. The molecule has 0 unspecified atom stereocenters. The second-order valence-electron chi connectivity index (χ2n) is 4.28. The molecule has 1 aliphatic rings. The van der Waals surface area contributed by atoms with E-state index in [4.69, 9.17) is 21.1 Å². The quantitative estimate of drug-likeness (QED) is 0.699. The SMILES string of the molecule is O=C(C=Cc1ccc2c(c1)OCO2)Nc1cccnc1Cl. The number of carbonyl (C=O) groups excluding carboxylic acids is 1. The van der Waals surface area contributed by atoms with Crippen LogP contribution in [-0.4, -0.2) is 17.7 Å². The number of nitrogens with zero attached hydrogens (tertiary/aromatic N) is 1. The molecule has 106 valence electrons. The lowest BCUT2D eigenvalue weighted by atomic mass is 10.2. The Morgan fingerprint density at radius 1 is 1.29 bits per heavy atom. The van der Waals surface area contributed by atoms with Crippen molar-refractivity contribution in [2.24, 2.45) is 0 Å². The lowest BCUT2D eigenvalue weighted by Crippen LogP contribution is -2.08. The van der Waals surface area contributed by atoms with Gasteiger partial charge >= 0.3 is 0 Å². The van der Waals surface area contributed by atoms with Gasteiger partial charge in [-0.2, -0.15) is 0 Å². The molecule has 0 aliphatic carbocycles. The zero-order valence-corrected chi connectivity index (χ0v) is 11.6. The summed E-state index contributed by atoms with van der Waals surface area (Å²) in [7, 11) is 0. The van der Waals surface area contributed by atoms with Crippen LogP contribution in [0.5, 0.6) is 11.5 Å². The van der Waals surface area contributed by atoms with Crippen molar-refractivity contribution in [1.29, 1.82) is 0 Å². The molecule has 0 spiro atoms. The van der Waals surface area contributed by atoms with E-state index in [0.717, 1.165) is 5.56 Å². The van der Waals surface area contributed by atoms with Gasteiger partial charge in [-0.25, -0.2) is 4.98 Å². The first-order valence-corrected chi connectivity index (χ1v) is 6.59. The molecular formula is C15H11ClN2O3. The highest BCUT2D eigenvalue weighted by Gasteiger charge is 2.12. The molecule has 0 saturated carbocycles. The Morgan fingerprint density at radius 2 is 2.14 bits per heavy atom. The van der Waals surface area contributed by atoms with E-state index in [0.29, 0.717) is 17.2 Å². The fourth-order valence-corrected chi connectivity index (χ4v) is 2.01. The fraction of sp³-hybridized carbons (Fsp3) is 0.0667. The molecule has 2 heterocycles. The van der Waals surface area contributed by atoms with Gasteiger partial charge in [-0.1, -0.05) is 17.7 Å². The average molecular weight is 303 g/mol. The number of hydrogen-bond donors (Lipinski definition) is 1. The van der Waals surface area contributed by atoms with Gasteiger partial charge in [-0.3, -0.25) is 4.79 Å². The third-order valence-electron chi connectivity index (χ3n) is 2.84. The number of fused-ring (bicyclic) bond motifs is 1. The molecule has 6 heteroatoms.